The number of hydrogen-bond acceptors (Lipinski definition) is 3. The molecule has 3 nitrogen and oxygen atoms in total. The molecule has 0 aromatic rings. The van der Waals surface area contributed by atoms with Gasteiger partial charge in [-0.3, -0.25) is 0 Å². The fourth-order valence-electron chi connectivity index (χ4n) is 2.18. The van der Waals surface area contributed by atoms with Crippen LogP contribution >= 0.6 is 8.13 Å². The molecule has 0 aromatic carbocycles. The van der Waals surface area contributed by atoms with Crippen molar-refractivity contribution in [1.29, 1.82) is 0 Å². The van der Waals surface area contributed by atoms with Crippen molar-refractivity contribution in [3.8, 4) is 0 Å². The highest BCUT2D eigenvalue weighted by Gasteiger charge is 2.49. The van der Waals surface area contributed by atoms with Crippen LogP contribution in [0.4, 0.5) is 0 Å². The standard InChI is InChI=1S/C13H33O3PSi2/c1-8-12-13(17-18(5,6)7)19(14-9-2,15-10-3)16-11-4/h13,17H,8-12H2,1-7H3. The average Bonchev–Trinajstić information content (AvgIpc) is 2.27. The van der Waals surface area contributed by atoms with Crippen LogP contribution in [0, 0.1) is 0 Å². The van der Waals surface area contributed by atoms with E-state index in [2.05, 4.69) is 26.6 Å². The van der Waals surface area contributed by atoms with E-state index in [0.717, 1.165) is 14.5 Å². The van der Waals surface area contributed by atoms with Crippen LogP contribution in [0.3, 0.4) is 0 Å². The predicted octanol–water partition coefficient (Wildman–Crippen LogP) is 4.26. The molecule has 0 saturated carbocycles. The lowest BCUT2D eigenvalue weighted by molar-refractivity contribution is 0.0686. The molecule has 0 spiro atoms. The van der Waals surface area contributed by atoms with Crippen LogP contribution in [0.5, 0.6) is 0 Å². The molecule has 2 unspecified atom stereocenters. The Bertz CT molecular complexity index is 217. The minimum absolute atomic E-state index is 0.490. The van der Waals surface area contributed by atoms with Gasteiger partial charge < -0.3 is 13.3 Å². The minimum atomic E-state index is -2.51. The molecule has 0 saturated heterocycles. The van der Waals surface area contributed by atoms with E-state index in [9.17, 15) is 0 Å². The van der Waals surface area contributed by atoms with Crippen LogP contribution in [0.15, 0.2) is 0 Å². The highest BCUT2D eigenvalue weighted by atomic mass is 31.3. The Kier molecular flexibility index (Phi) is 10.0. The Labute approximate surface area is 123 Å². The molecule has 0 fully saturated rings. The number of hydrogen-bond donors (Lipinski definition) is 0. The summed E-state index contributed by atoms with van der Waals surface area (Å²) in [6, 6.07) is 0. The van der Waals surface area contributed by atoms with Gasteiger partial charge in [0.25, 0.3) is 0 Å². The first kappa shape index (κ1) is 19.7. The lowest BCUT2D eigenvalue weighted by Crippen LogP contribution is -2.55. The summed E-state index contributed by atoms with van der Waals surface area (Å²) in [7, 11) is -2.69. The van der Waals surface area contributed by atoms with Crippen molar-refractivity contribution in [2.24, 2.45) is 0 Å². The van der Waals surface area contributed by atoms with Gasteiger partial charge in [-0.25, -0.2) is 0 Å². The van der Waals surface area contributed by atoms with Crippen LogP contribution in [0.25, 0.3) is 0 Å². The van der Waals surface area contributed by atoms with Crippen molar-refractivity contribution in [3.63, 3.8) is 0 Å². The molecule has 6 heteroatoms. The van der Waals surface area contributed by atoms with Crippen LogP contribution < -0.4 is 0 Å². The van der Waals surface area contributed by atoms with Gasteiger partial charge in [-0.2, -0.15) is 0 Å². The van der Waals surface area contributed by atoms with Gasteiger partial charge in [0.2, 0.25) is 0 Å². The summed E-state index contributed by atoms with van der Waals surface area (Å²) in [6.07, 6.45) is 2.33. The lowest BCUT2D eigenvalue weighted by Gasteiger charge is -2.37. The largest absolute Gasteiger partial charge is 0.508 e. The zero-order valence-electron chi connectivity index (χ0n) is 13.8. The zero-order valence-corrected chi connectivity index (χ0v) is 16.8. The molecule has 0 rings (SSSR count). The van der Waals surface area contributed by atoms with Crippen molar-refractivity contribution in [3.05, 3.63) is 0 Å². The summed E-state index contributed by atoms with van der Waals surface area (Å²) in [5.74, 6) is 0. The predicted molar refractivity (Wildman–Crippen MR) is 91.0 cm³/mol. The van der Waals surface area contributed by atoms with Crippen molar-refractivity contribution in [2.45, 2.75) is 65.5 Å². The normalized spacial score (nSPS) is 15.3. The summed E-state index contributed by atoms with van der Waals surface area (Å²) in [5.41, 5.74) is 0. The second-order valence-electron chi connectivity index (χ2n) is 5.64. The third-order valence-corrected chi connectivity index (χ3v) is 13.4. The second-order valence-corrected chi connectivity index (χ2v) is 19.8. The highest BCUT2D eigenvalue weighted by molar-refractivity contribution is 7.83. The molecular formula is C13H33O3PSi2. The SMILES string of the molecule is CCCC(P[Si](C)(C)C)[Si](OCC)(OCC)OCC. The van der Waals surface area contributed by atoms with E-state index in [1.54, 1.807) is 0 Å². The minimum Gasteiger partial charge on any atom is -0.373 e. The van der Waals surface area contributed by atoms with Crippen LogP contribution in [-0.2, 0) is 13.3 Å². The van der Waals surface area contributed by atoms with E-state index >= 15 is 0 Å². The Morgan fingerprint density at radius 3 is 1.53 bits per heavy atom. The van der Waals surface area contributed by atoms with E-state index < -0.39 is 16.5 Å². The molecule has 19 heavy (non-hydrogen) atoms. The van der Waals surface area contributed by atoms with Gasteiger partial charge in [-0.15, -0.1) is 8.13 Å². The Hall–Kier alpha value is 0.744. The molecule has 0 aliphatic rings. The van der Waals surface area contributed by atoms with Gasteiger partial charge in [0.1, 0.15) is 0 Å². The molecule has 2 atom stereocenters. The van der Waals surface area contributed by atoms with E-state index in [1.165, 1.54) is 6.42 Å². The van der Waals surface area contributed by atoms with E-state index in [4.69, 9.17) is 13.3 Å². The topological polar surface area (TPSA) is 27.7 Å². The first-order valence-corrected chi connectivity index (χ1v) is 14.9. The van der Waals surface area contributed by atoms with Gasteiger partial charge in [-0.1, -0.05) is 33.0 Å². The zero-order chi connectivity index (χ0) is 14.9. The maximum atomic E-state index is 6.09. The second kappa shape index (κ2) is 9.64. The molecule has 0 radical (unpaired) electrons. The molecule has 0 N–H and O–H groups in total. The monoisotopic (exact) mass is 324 g/mol. The molecule has 0 amide bonds. The molecule has 0 aliphatic heterocycles. The molecule has 0 heterocycles. The van der Waals surface area contributed by atoms with Gasteiger partial charge in [0.15, 0.2) is 0 Å². The fraction of sp³-hybridized carbons (Fsp3) is 1.00. The van der Waals surface area contributed by atoms with Crippen molar-refractivity contribution in [1.82, 2.24) is 0 Å². The lowest BCUT2D eigenvalue weighted by atomic mass is 10.4. The molecule has 0 aliphatic carbocycles. The van der Waals surface area contributed by atoms with Crippen molar-refractivity contribution in [2.75, 3.05) is 19.8 Å². The summed E-state index contributed by atoms with van der Waals surface area (Å²) < 4.78 is 18.3. The third-order valence-electron chi connectivity index (χ3n) is 2.65. The molecule has 0 aromatic heterocycles. The average molecular weight is 325 g/mol. The van der Waals surface area contributed by atoms with E-state index in [-0.39, 0.29) is 0 Å². The van der Waals surface area contributed by atoms with Crippen LogP contribution in [0.1, 0.15) is 40.5 Å². The fourth-order valence-corrected chi connectivity index (χ4v) is 16.9. The molecule has 116 valence electrons. The maximum Gasteiger partial charge on any atom is 0.508 e. The van der Waals surface area contributed by atoms with Crippen molar-refractivity contribution >= 4 is 24.7 Å². The third kappa shape index (κ3) is 7.35. The Morgan fingerprint density at radius 1 is 0.842 bits per heavy atom. The highest BCUT2D eigenvalue weighted by Crippen LogP contribution is 2.40. The van der Waals surface area contributed by atoms with Gasteiger partial charge in [-0.05, 0) is 27.2 Å². The first-order chi connectivity index (χ1) is 8.85. The molecular weight excluding hydrogens is 291 g/mol. The smallest absolute Gasteiger partial charge is 0.373 e. The van der Waals surface area contributed by atoms with Gasteiger partial charge >= 0.3 is 8.80 Å². The Balaban J connectivity index is 5.17. The number of rotatable bonds is 11. The maximum absolute atomic E-state index is 6.09. The quantitative estimate of drug-likeness (QED) is 0.420. The summed E-state index contributed by atoms with van der Waals surface area (Å²) in [5, 5.41) is 0.490. The van der Waals surface area contributed by atoms with E-state index in [0.29, 0.717) is 25.1 Å². The first-order valence-electron chi connectivity index (χ1n) is 7.54. The van der Waals surface area contributed by atoms with Crippen LogP contribution in [-0.4, -0.2) is 41.6 Å². The van der Waals surface area contributed by atoms with E-state index in [1.807, 2.05) is 20.8 Å². The summed E-state index contributed by atoms with van der Waals surface area (Å²) in [4.78, 5) is 0. The molecule has 0 bridgehead atoms. The van der Waals surface area contributed by atoms with Gasteiger partial charge in [0.05, 0.1) is 7.74 Å². The van der Waals surface area contributed by atoms with Gasteiger partial charge in [0, 0.05) is 25.1 Å². The van der Waals surface area contributed by atoms with Crippen molar-refractivity contribution < 1.29 is 13.3 Å². The Morgan fingerprint density at radius 2 is 1.26 bits per heavy atom. The van der Waals surface area contributed by atoms with Crippen LogP contribution in [0.2, 0.25) is 19.6 Å². The summed E-state index contributed by atoms with van der Waals surface area (Å²) in [6.45, 7) is 17.7. The summed E-state index contributed by atoms with van der Waals surface area (Å²) >= 11 is 0.